The normalized spacial score (nSPS) is 38.0. The van der Waals surface area contributed by atoms with Crippen LogP contribution >= 0.6 is 34.4 Å². The van der Waals surface area contributed by atoms with Crippen molar-refractivity contribution in [2.45, 2.75) is 78.1 Å². The van der Waals surface area contributed by atoms with E-state index in [0.717, 1.165) is 12.8 Å². The highest BCUT2D eigenvalue weighted by molar-refractivity contribution is 14.1. The van der Waals surface area contributed by atoms with Crippen LogP contribution in [0.4, 0.5) is 4.79 Å². The quantitative estimate of drug-likeness (QED) is 0.224. The average molecular weight is 451 g/mol. The minimum Gasteiger partial charge on any atom is -0.370 e. The van der Waals surface area contributed by atoms with Crippen molar-refractivity contribution >= 4 is 46.3 Å². The number of rotatable bonds is 2. The van der Waals surface area contributed by atoms with Crippen LogP contribution in [0.15, 0.2) is 4.99 Å². The van der Waals surface area contributed by atoms with Gasteiger partial charge < -0.3 is 11.1 Å². The summed E-state index contributed by atoms with van der Waals surface area (Å²) in [6.07, 6.45) is 9.58. The summed E-state index contributed by atoms with van der Waals surface area (Å²) in [7, 11) is 0. The Kier molecular flexibility index (Phi) is 6.31. The number of nitrogens with one attached hydrogen (secondary N) is 3. The molecule has 0 spiro atoms. The lowest BCUT2D eigenvalue weighted by atomic mass is 9.95. The molecule has 23 heavy (non-hydrogen) atoms. The Morgan fingerprint density at radius 3 is 2.83 bits per heavy atom. The molecular weight excluding hydrogens is 425 g/mol. The van der Waals surface area contributed by atoms with Gasteiger partial charge in [-0.15, -0.1) is 11.8 Å². The number of nitrogens with zero attached hydrogens (tertiary/aromatic N) is 1. The van der Waals surface area contributed by atoms with Gasteiger partial charge in [-0.1, -0.05) is 41.9 Å². The Labute approximate surface area is 155 Å². The third-order valence-electron chi connectivity index (χ3n) is 4.81. The van der Waals surface area contributed by atoms with Crippen LogP contribution in [0.5, 0.6) is 0 Å². The monoisotopic (exact) mass is 451 g/mol. The van der Waals surface area contributed by atoms with Crippen LogP contribution in [0, 0.1) is 0 Å². The van der Waals surface area contributed by atoms with Crippen LogP contribution in [0.1, 0.15) is 51.4 Å². The standard InChI is InChI=1S/C15H26IN5OS/c16-9-4-3-5-10(8-9)18-14(22)20-13(17)21-15-19-11-6-1-2-7-12(11)23-15/h9-12,15,19H,1-8H2,(H4,17,18,20,21,22). The zero-order valence-corrected chi connectivity index (χ0v) is 16.2. The number of hydrogen-bond acceptors (Lipinski definition) is 4. The number of urea groups is 1. The maximum Gasteiger partial charge on any atom is 0.321 e. The number of fused-ring (bicyclic) bond motifs is 1. The molecule has 1 heterocycles. The smallest absolute Gasteiger partial charge is 0.321 e. The molecule has 5 atom stereocenters. The summed E-state index contributed by atoms with van der Waals surface area (Å²) < 4.78 is 0.653. The number of hydrogen-bond donors (Lipinski definition) is 4. The number of carbonyl (C=O) groups is 1. The average Bonchev–Trinajstić information content (AvgIpc) is 2.88. The molecule has 0 aromatic heterocycles. The summed E-state index contributed by atoms with van der Waals surface area (Å²) in [4.78, 5) is 16.5. The molecule has 2 amide bonds. The second kappa shape index (κ2) is 8.24. The van der Waals surface area contributed by atoms with Gasteiger partial charge in [0.05, 0.1) is 0 Å². The topological polar surface area (TPSA) is 91.5 Å². The summed E-state index contributed by atoms with van der Waals surface area (Å²) in [6, 6.07) is 0.564. The van der Waals surface area contributed by atoms with Crippen LogP contribution in [-0.4, -0.2) is 38.7 Å². The molecule has 0 bridgehead atoms. The van der Waals surface area contributed by atoms with E-state index in [0.29, 0.717) is 15.2 Å². The molecule has 2 aliphatic carbocycles. The molecule has 3 rings (SSSR count). The van der Waals surface area contributed by atoms with Crippen molar-refractivity contribution in [3.63, 3.8) is 0 Å². The first-order valence-electron chi connectivity index (χ1n) is 8.56. The van der Waals surface area contributed by atoms with Crippen molar-refractivity contribution in [1.29, 1.82) is 0 Å². The summed E-state index contributed by atoms with van der Waals surface area (Å²) in [5.41, 5.74) is 5.87. The third-order valence-corrected chi connectivity index (χ3v) is 7.35. The van der Waals surface area contributed by atoms with Gasteiger partial charge in [-0.3, -0.25) is 10.6 Å². The summed E-state index contributed by atoms with van der Waals surface area (Å²) in [5, 5.41) is 9.83. The van der Waals surface area contributed by atoms with E-state index in [-0.39, 0.29) is 23.5 Å². The van der Waals surface area contributed by atoms with Crippen molar-refractivity contribution in [3.05, 3.63) is 0 Å². The van der Waals surface area contributed by atoms with E-state index >= 15 is 0 Å². The van der Waals surface area contributed by atoms with E-state index in [9.17, 15) is 4.79 Å². The molecule has 3 aliphatic rings. The molecule has 8 heteroatoms. The first-order valence-corrected chi connectivity index (χ1v) is 10.8. The molecule has 5 N–H and O–H groups in total. The lowest BCUT2D eigenvalue weighted by molar-refractivity contribution is 0.237. The zero-order chi connectivity index (χ0) is 16.2. The summed E-state index contributed by atoms with van der Waals surface area (Å²) in [5.74, 6) is 0.202. The third kappa shape index (κ3) is 5.12. The lowest BCUT2D eigenvalue weighted by Crippen LogP contribution is -2.49. The lowest BCUT2D eigenvalue weighted by Gasteiger charge is -2.26. The highest BCUT2D eigenvalue weighted by atomic mass is 127. The van der Waals surface area contributed by atoms with Crippen LogP contribution < -0.4 is 21.7 Å². The van der Waals surface area contributed by atoms with E-state index in [1.54, 1.807) is 0 Å². The predicted octanol–water partition coefficient (Wildman–Crippen LogP) is 2.28. The van der Waals surface area contributed by atoms with Crippen LogP contribution in [-0.2, 0) is 0 Å². The number of amides is 2. The fraction of sp³-hybridized carbons (Fsp3) is 0.867. The second-order valence-corrected chi connectivity index (χ2v) is 9.74. The number of aliphatic imine (C=N–C) groups is 1. The van der Waals surface area contributed by atoms with Crippen LogP contribution in [0.2, 0.25) is 0 Å². The van der Waals surface area contributed by atoms with E-state index in [1.165, 1.54) is 38.5 Å². The molecule has 1 saturated heterocycles. The maximum atomic E-state index is 12.0. The Morgan fingerprint density at radius 2 is 2.04 bits per heavy atom. The Balaban J connectivity index is 1.44. The van der Waals surface area contributed by atoms with Gasteiger partial charge in [0.1, 0.15) is 0 Å². The van der Waals surface area contributed by atoms with Gasteiger partial charge in [0.25, 0.3) is 0 Å². The summed E-state index contributed by atoms with van der Waals surface area (Å²) >= 11 is 4.30. The first kappa shape index (κ1) is 17.6. The number of carbonyl (C=O) groups excluding carboxylic acids is 1. The number of alkyl halides is 1. The van der Waals surface area contributed by atoms with Crippen molar-refractivity contribution < 1.29 is 4.79 Å². The van der Waals surface area contributed by atoms with Crippen LogP contribution in [0.25, 0.3) is 0 Å². The molecule has 3 fully saturated rings. The SMILES string of the molecule is NC(=NC1NC2CCCCC2S1)NC(=O)NC1CCCC(I)C1. The molecule has 1 aliphatic heterocycles. The number of nitrogens with two attached hydrogens (primary N) is 1. The highest BCUT2D eigenvalue weighted by Gasteiger charge is 2.35. The Morgan fingerprint density at radius 1 is 1.22 bits per heavy atom. The molecule has 6 nitrogen and oxygen atoms in total. The highest BCUT2D eigenvalue weighted by Crippen LogP contribution is 2.37. The molecule has 0 aromatic carbocycles. The largest absolute Gasteiger partial charge is 0.370 e. The molecular formula is C15H26IN5OS. The van der Waals surface area contributed by atoms with E-state index in [2.05, 4.69) is 43.5 Å². The van der Waals surface area contributed by atoms with Gasteiger partial charge in [0, 0.05) is 21.3 Å². The second-order valence-electron chi connectivity index (χ2n) is 6.66. The van der Waals surface area contributed by atoms with E-state index < -0.39 is 0 Å². The van der Waals surface area contributed by atoms with Crippen molar-refractivity contribution in [1.82, 2.24) is 16.0 Å². The molecule has 130 valence electrons. The first-order chi connectivity index (χ1) is 11.1. The number of halogens is 1. The van der Waals surface area contributed by atoms with Gasteiger partial charge in [-0.05, 0) is 32.1 Å². The summed E-state index contributed by atoms with van der Waals surface area (Å²) in [6.45, 7) is 0. The molecule has 0 radical (unpaired) electrons. The van der Waals surface area contributed by atoms with Gasteiger partial charge in [-0.25, -0.2) is 9.79 Å². The van der Waals surface area contributed by atoms with E-state index in [4.69, 9.17) is 5.73 Å². The zero-order valence-electron chi connectivity index (χ0n) is 13.3. The molecule has 0 aromatic rings. The predicted molar refractivity (Wildman–Crippen MR) is 104 cm³/mol. The number of thioether (sulfide) groups is 1. The van der Waals surface area contributed by atoms with Crippen LogP contribution in [0.3, 0.4) is 0 Å². The minimum atomic E-state index is -0.234. The molecule has 2 saturated carbocycles. The van der Waals surface area contributed by atoms with Crippen molar-refractivity contribution in [2.24, 2.45) is 10.7 Å². The fourth-order valence-corrected chi connectivity index (χ4v) is 6.18. The minimum absolute atomic E-state index is 0.0307. The van der Waals surface area contributed by atoms with Gasteiger partial charge in [0.15, 0.2) is 11.5 Å². The Hall–Kier alpha value is -0.220. The number of guanidine groups is 1. The van der Waals surface area contributed by atoms with Gasteiger partial charge in [0.2, 0.25) is 0 Å². The molecule has 5 unspecified atom stereocenters. The van der Waals surface area contributed by atoms with Gasteiger partial charge >= 0.3 is 6.03 Å². The van der Waals surface area contributed by atoms with Crippen molar-refractivity contribution in [2.75, 3.05) is 0 Å². The van der Waals surface area contributed by atoms with Gasteiger partial charge in [-0.2, -0.15) is 0 Å². The maximum absolute atomic E-state index is 12.0. The van der Waals surface area contributed by atoms with Crippen molar-refractivity contribution in [3.8, 4) is 0 Å². The Bertz CT molecular complexity index is 449. The fourth-order valence-electron chi connectivity index (χ4n) is 3.66. The van der Waals surface area contributed by atoms with E-state index in [1.807, 2.05) is 11.8 Å².